The summed E-state index contributed by atoms with van der Waals surface area (Å²) in [5, 5.41) is 8.21. The van der Waals surface area contributed by atoms with E-state index in [0.29, 0.717) is 17.8 Å². The Kier molecular flexibility index (Phi) is 4.34. The molecule has 5 nitrogen and oxygen atoms in total. The van der Waals surface area contributed by atoms with Gasteiger partial charge in [-0.15, -0.1) is 0 Å². The number of pyridine rings is 1. The maximum Gasteiger partial charge on any atom is 0.253 e. The van der Waals surface area contributed by atoms with Crippen LogP contribution in [0, 0.1) is 13.8 Å². The number of benzene rings is 1. The molecule has 0 saturated heterocycles. The van der Waals surface area contributed by atoms with E-state index in [9.17, 15) is 4.79 Å². The van der Waals surface area contributed by atoms with Crippen LogP contribution in [-0.2, 0) is 6.54 Å². The monoisotopic (exact) mass is 322 g/mol. The number of aromatic nitrogens is 3. The minimum atomic E-state index is -0.111. The molecule has 0 aliphatic heterocycles. The van der Waals surface area contributed by atoms with Gasteiger partial charge in [-0.25, -0.2) is 9.67 Å². The second-order valence-corrected chi connectivity index (χ2v) is 6.39. The summed E-state index contributed by atoms with van der Waals surface area (Å²) in [5.74, 6) is -0.111. The first-order valence-corrected chi connectivity index (χ1v) is 8.14. The van der Waals surface area contributed by atoms with Gasteiger partial charge in [0, 0.05) is 18.0 Å². The van der Waals surface area contributed by atoms with E-state index in [1.807, 2.05) is 48.9 Å². The fourth-order valence-electron chi connectivity index (χ4n) is 2.66. The Balaban J connectivity index is 1.81. The van der Waals surface area contributed by atoms with E-state index in [4.69, 9.17) is 0 Å². The number of fused-ring (bicyclic) bond motifs is 1. The molecular formula is C19H22N4O. The second kappa shape index (κ2) is 6.43. The number of hydrogen-bond acceptors (Lipinski definition) is 3. The van der Waals surface area contributed by atoms with Crippen LogP contribution in [0.15, 0.2) is 36.5 Å². The molecule has 0 aliphatic carbocycles. The van der Waals surface area contributed by atoms with E-state index < -0.39 is 0 Å². The van der Waals surface area contributed by atoms with Crippen molar-refractivity contribution in [2.45, 2.75) is 40.3 Å². The van der Waals surface area contributed by atoms with Crippen molar-refractivity contribution in [1.82, 2.24) is 20.1 Å². The molecule has 3 aromatic rings. The van der Waals surface area contributed by atoms with Crippen molar-refractivity contribution in [2.24, 2.45) is 0 Å². The summed E-state index contributed by atoms with van der Waals surface area (Å²) in [6.07, 6.45) is 1.76. The van der Waals surface area contributed by atoms with Gasteiger partial charge in [-0.2, -0.15) is 5.10 Å². The molecule has 124 valence electrons. The van der Waals surface area contributed by atoms with Crippen LogP contribution in [0.4, 0.5) is 0 Å². The fourth-order valence-corrected chi connectivity index (χ4v) is 2.66. The number of nitrogens with one attached hydrogen (secondary N) is 1. The Morgan fingerprint density at radius 2 is 1.92 bits per heavy atom. The third-order valence-electron chi connectivity index (χ3n) is 4.07. The smallest absolute Gasteiger partial charge is 0.253 e. The van der Waals surface area contributed by atoms with Crippen molar-refractivity contribution in [3.63, 3.8) is 0 Å². The standard InChI is InChI=1S/C19H22N4O/c1-12(2)23-18-16(11-21-23)9-17(14(4)22-18)19(24)20-10-15-7-5-13(3)6-8-15/h5-9,11-12H,10H2,1-4H3,(H,20,24). The summed E-state index contributed by atoms with van der Waals surface area (Å²) >= 11 is 0. The second-order valence-electron chi connectivity index (χ2n) is 6.39. The van der Waals surface area contributed by atoms with Crippen molar-refractivity contribution >= 4 is 16.9 Å². The predicted octanol–water partition coefficient (Wildman–Crippen LogP) is 3.56. The normalized spacial score (nSPS) is 11.2. The molecule has 2 aromatic heterocycles. The fraction of sp³-hybridized carbons (Fsp3) is 0.316. The summed E-state index contributed by atoms with van der Waals surface area (Å²) in [4.78, 5) is 17.1. The molecule has 0 bridgehead atoms. The molecule has 3 rings (SSSR count). The molecule has 24 heavy (non-hydrogen) atoms. The maximum atomic E-state index is 12.5. The van der Waals surface area contributed by atoms with Crippen LogP contribution in [0.5, 0.6) is 0 Å². The van der Waals surface area contributed by atoms with Gasteiger partial charge in [0.05, 0.1) is 17.5 Å². The molecule has 0 atom stereocenters. The molecule has 0 aliphatic rings. The van der Waals surface area contributed by atoms with Gasteiger partial charge in [0.2, 0.25) is 0 Å². The lowest BCUT2D eigenvalue weighted by Crippen LogP contribution is -2.24. The minimum Gasteiger partial charge on any atom is -0.348 e. The van der Waals surface area contributed by atoms with Crippen molar-refractivity contribution in [2.75, 3.05) is 0 Å². The highest BCUT2D eigenvalue weighted by atomic mass is 16.1. The lowest BCUT2D eigenvalue weighted by Gasteiger charge is -2.10. The average Bonchev–Trinajstić information content (AvgIpc) is 2.96. The number of carbonyl (C=O) groups excluding carboxylic acids is 1. The molecule has 2 heterocycles. The maximum absolute atomic E-state index is 12.5. The number of nitrogens with zero attached hydrogens (tertiary/aromatic N) is 3. The van der Waals surface area contributed by atoms with Gasteiger partial charge in [0.1, 0.15) is 0 Å². The molecule has 0 unspecified atom stereocenters. The number of amides is 1. The zero-order valence-electron chi connectivity index (χ0n) is 14.5. The molecule has 0 radical (unpaired) electrons. The first-order chi connectivity index (χ1) is 11.5. The van der Waals surface area contributed by atoms with E-state index in [1.54, 1.807) is 6.20 Å². The van der Waals surface area contributed by atoms with Crippen LogP contribution in [0.1, 0.15) is 47.1 Å². The highest BCUT2D eigenvalue weighted by molar-refractivity contribution is 5.98. The van der Waals surface area contributed by atoms with Crippen LogP contribution < -0.4 is 5.32 Å². The van der Waals surface area contributed by atoms with E-state index in [-0.39, 0.29) is 11.9 Å². The summed E-state index contributed by atoms with van der Waals surface area (Å²) in [6.45, 7) is 8.53. The Hall–Kier alpha value is -2.69. The van der Waals surface area contributed by atoms with Crippen LogP contribution in [0.2, 0.25) is 0 Å². The van der Waals surface area contributed by atoms with Crippen LogP contribution in [0.25, 0.3) is 11.0 Å². The Morgan fingerprint density at radius 3 is 2.58 bits per heavy atom. The number of hydrogen-bond donors (Lipinski definition) is 1. The van der Waals surface area contributed by atoms with Crippen molar-refractivity contribution in [1.29, 1.82) is 0 Å². The molecule has 1 amide bonds. The van der Waals surface area contributed by atoms with E-state index >= 15 is 0 Å². The van der Waals surface area contributed by atoms with Crippen molar-refractivity contribution < 1.29 is 4.79 Å². The largest absolute Gasteiger partial charge is 0.348 e. The van der Waals surface area contributed by atoms with Gasteiger partial charge in [-0.05, 0) is 39.3 Å². The van der Waals surface area contributed by atoms with Gasteiger partial charge >= 0.3 is 0 Å². The third-order valence-corrected chi connectivity index (χ3v) is 4.07. The predicted molar refractivity (Wildman–Crippen MR) is 95.0 cm³/mol. The quantitative estimate of drug-likeness (QED) is 0.799. The Bertz CT molecular complexity index is 878. The lowest BCUT2D eigenvalue weighted by atomic mass is 10.1. The summed E-state index contributed by atoms with van der Waals surface area (Å²) in [5.41, 5.74) is 4.41. The molecule has 0 saturated carbocycles. The number of rotatable bonds is 4. The first-order valence-electron chi connectivity index (χ1n) is 8.14. The van der Waals surface area contributed by atoms with Crippen molar-refractivity contribution in [3.8, 4) is 0 Å². The van der Waals surface area contributed by atoms with Crippen LogP contribution in [-0.4, -0.2) is 20.7 Å². The molecule has 1 N–H and O–H groups in total. The van der Waals surface area contributed by atoms with Gasteiger partial charge in [-0.1, -0.05) is 29.8 Å². The zero-order chi connectivity index (χ0) is 17.3. The Morgan fingerprint density at radius 1 is 1.21 bits per heavy atom. The summed E-state index contributed by atoms with van der Waals surface area (Å²) in [7, 11) is 0. The summed E-state index contributed by atoms with van der Waals surface area (Å²) in [6, 6.07) is 10.2. The van der Waals surface area contributed by atoms with Crippen molar-refractivity contribution in [3.05, 3.63) is 58.9 Å². The van der Waals surface area contributed by atoms with Crippen LogP contribution in [0.3, 0.4) is 0 Å². The third kappa shape index (κ3) is 3.15. The molecule has 0 spiro atoms. The molecule has 0 fully saturated rings. The highest BCUT2D eigenvalue weighted by Gasteiger charge is 2.15. The van der Waals surface area contributed by atoms with Crippen LogP contribution >= 0.6 is 0 Å². The number of carbonyl (C=O) groups is 1. The van der Waals surface area contributed by atoms with E-state index in [0.717, 1.165) is 16.6 Å². The molecule has 5 heteroatoms. The van der Waals surface area contributed by atoms with Gasteiger partial charge in [0.25, 0.3) is 5.91 Å². The lowest BCUT2D eigenvalue weighted by molar-refractivity contribution is 0.0950. The van der Waals surface area contributed by atoms with Gasteiger partial charge < -0.3 is 5.32 Å². The van der Waals surface area contributed by atoms with Gasteiger partial charge in [-0.3, -0.25) is 4.79 Å². The summed E-state index contributed by atoms with van der Waals surface area (Å²) < 4.78 is 1.87. The van der Waals surface area contributed by atoms with E-state index in [1.165, 1.54) is 5.56 Å². The Labute approximate surface area is 141 Å². The minimum absolute atomic E-state index is 0.111. The zero-order valence-corrected chi connectivity index (χ0v) is 14.5. The van der Waals surface area contributed by atoms with E-state index in [2.05, 4.69) is 29.2 Å². The SMILES string of the molecule is Cc1ccc(CNC(=O)c2cc3cnn(C(C)C)c3nc2C)cc1. The van der Waals surface area contributed by atoms with Gasteiger partial charge in [0.15, 0.2) is 5.65 Å². The number of aryl methyl sites for hydroxylation is 2. The average molecular weight is 322 g/mol. The highest BCUT2D eigenvalue weighted by Crippen LogP contribution is 2.19. The topological polar surface area (TPSA) is 59.8 Å². The molecule has 1 aromatic carbocycles. The first kappa shape index (κ1) is 16.2. The molecular weight excluding hydrogens is 300 g/mol.